The number of rotatable bonds is 4. The monoisotopic (exact) mass is 264 g/mol. The summed E-state index contributed by atoms with van der Waals surface area (Å²) in [5.74, 6) is 0. The Labute approximate surface area is 103 Å². The van der Waals surface area contributed by atoms with Crippen LogP contribution in [0.25, 0.3) is 0 Å². The van der Waals surface area contributed by atoms with Gasteiger partial charge in [-0.1, -0.05) is 5.70 Å². The van der Waals surface area contributed by atoms with Crippen molar-refractivity contribution in [1.29, 1.82) is 0 Å². The molecule has 0 rings (SSSR count). The van der Waals surface area contributed by atoms with Gasteiger partial charge in [-0.15, -0.1) is 6.58 Å². The molecule has 0 spiro atoms. The van der Waals surface area contributed by atoms with Gasteiger partial charge in [0.25, 0.3) is 9.28 Å². The molecule has 0 amide bonds. The molecular weight excluding hydrogens is 236 g/mol. The lowest BCUT2D eigenvalue weighted by atomic mass is 11.2. The van der Waals surface area contributed by atoms with E-state index in [0.717, 1.165) is 0 Å². The molecule has 0 bridgehead atoms. The Hall–Kier alpha value is -0.0662. The first kappa shape index (κ1) is 18.3. The highest BCUT2D eigenvalue weighted by atomic mass is 28.4. The van der Waals surface area contributed by atoms with Gasteiger partial charge in [0.05, 0.1) is 0 Å². The maximum atomic E-state index is 4.81. The van der Waals surface area contributed by atoms with Gasteiger partial charge in [-0.3, -0.25) is 0 Å². The molecule has 6 nitrogen and oxygen atoms in total. The Balaban J connectivity index is 0. The second kappa shape index (κ2) is 8.09. The van der Waals surface area contributed by atoms with E-state index in [1.165, 1.54) is 0 Å². The zero-order chi connectivity index (χ0) is 13.5. The maximum absolute atomic E-state index is 4.81. The van der Waals surface area contributed by atoms with Gasteiger partial charge < -0.3 is 29.9 Å². The zero-order valence-electron chi connectivity index (χ0n) is 11.4. The van der Waals surface area contributed by atoms with Gasteiger partial charge >= 0.3 is 8.56 Å². The van der Waals surface area contributed by atoms with Crippen LogP contribution in [-0.2, 0) is 0 Å². The van der Waals surface area contributed by atoms with E-state index in [2.05, 4.69) is 68.3 Å². The summed E-state index contributed by atoms with van der Waals surface area (Å²) in [7, 11) is 9.25. The quantitative estimate of drug-likeness (QED) is 0.505. The third-order valence-electron chi connectivity index (χ3n) is 2.25. The second-order valence-corrected chi connectivity index (χ2v) is 9.77. The molecule has 0 unspecified atom stereocenters. The molecule has 8 heteroatoms. The number of hydrogen-bond acceptors (Lipinski definition) is 6. The van der Waals surface area contributed by atoms with E-state index in [0.29, 0.717) is 0 Å². The van der Waals surface area contributed by atoms with Crippen LogP contribution in [0.4, 0.5) is 0 Å². The first-order chi connectivity index (χ1) is 7.12. The van der Waals surface area contributed by atoms with Gasteiger partial charge in [0.1, 0.15) is 0 Å². The predicted molar refractivity (Wildman–Crippen MR) is 76.7 cm³/mol. The fourth-order valence-electron chi connectivity index (χ4n) is 1.75. The largest absolute Gasteiger partial charge is 0.330 e. The van der Waals surface area contributed by atoms with E-state index in [4.69, 9.17) is 16.2 Å². The first-order valence-corrected chi connectivity index (χ1v) is 8.97. The molecule has 0 saturated heterocycles. The number of nitrogens with zero attached hydrogens (tertiary/aromatic N) is 3. The molecular formula is C8H28N6Si2. The molecule has 0 aliphatic heterocycles. The molecule has 6 N–H and O–H groups in total. The molecule has 0 radical (unpaired) electrons. The molecule has 16 heavy (non-hydrogen) atoms. The molecule has 0 fully saturated rings. The minimum atomic E-state index is -1.74. The Morgan fingerprint density at radius 2 is 1.06 bits per heavy atom. The van der Waals surface area contributed by atoms with E-state index in [9.17, 15) is 0 Å². The van der Waals surface area contributed by atoms with Crippen LogP contribution < -0.4 is 16.2 Å². The summed E-state index contributed by atoms with van der Waals surface area (Å²) in [5, 5.41) is 14.4. The van der Waals surface area contributed by atoms with E-state index in [-0.39, 0.29) is 0 Å². The van der Waals surface area contributed by atoms with Gasteiger partial charge in [-0.05, 0) is 42.3 Å². The molecule has 98 valence electrons. The van der Waals surface area contributed by atoms with Gasteiger partial charge in [-0.2, -0.15) is 0 Å². The van der Waals surface area contributed by atoms with E-state index >= 15 is 0 Å². The molecule has 0 atom stereocenters. The summed E-state index contributed by atoms with van der Waals surface area (Å²) >= 11 is 0. The molecule has 0 heterocycles. The van der Waals surface area contributed by atoms with E-state index < -0.39 is 17.8 Å². The molecule has 0 aromatic heterocycles. The van der Waals surface area contributed by atoms with Crippen LogP contribution in [0.1, 0.15) is 0 Å². The van der Waals surface area contributed by atoms with Crippen LogP contribution >= 0.6 is 0 Å². The van der Waals surface area contributed by atoms with Crippen molar-refractivity contribution in [3.8, 4) is 0 Å². The van der Waals surface area contributed by atoms with Crippen LogP contribution in [0.5, 0.6) is 0 Å². The average Bonchev–Trinajstić information content (AvgIpc) is 2.02. The summed E-state index contributed by atoms with van der Waals surface area (Å²) in [5.41, 5.74) is 2.08. The van der Waals surface area contributed by atoms with Gasteiger partial charge in [0.2, 0.25) is 0 Å². The predicted octanol–water partition coefficient (Wildman–Crippen LogP) is -2.08. The van der Waals surface area contributed by atoms with Crippen molar-refractivity contribution in [3.05, 3.63) is 12.3 Å². The summed E-state index contributed by atoms with van der Waals surface area (Å²) in [6, 6.07) is 0. The topological polar surface area (TPSA) is 87.8 Å². The van der Waals surface area contributed by atoms with Gasteiger partial charge in [0, 0.05) is 0 Å². The lowest BCUT2D eigenvalue weighted by Crippen LogP contribution is -2.68. The van der Waals surface area contributed by atoms with Crippen molar-refractivity contribution in [3.63, 3.8) is 0 Å². The van der Waals surface area contributed by atoms with Crippen molar-refractivity contribution < 1.29 is 0 Å². The number of hydrogen-bond donors (Lipinski definition) is 3. The first-order valence-electron chi connectivity index (χ1n) is 5.05. The highest BCUT2D eigenvalue weighted by molar-refractivity contribution is 6.76. The minimum absolute atomic E-state index is 1.64. The SMILES string of the molecule is C=C[Si](N(C)C)(N(C)C)N(C)C.N[SiH](N)N. The summed E-state index contributed by atoms with van der Waals surface area (Å²) < 4.78 is 6.79. The normalized spacial score (nSPS) is 12.1. The maximum Gasteiger partial charge on any atom is 0.314 e. The van der Waals surface area contributed by atoms with Crippen molar-refractivity contribution in [2.75, 3.05) is 42.3 Å². The van der Waals surface area contributed by atoms with Crippen LogP contribution in [0.2, 0.25) is 0 Å². The highest BCUT2D eigenvalue weighted by Gasteiger charge is 2.39. The van der Waals surface area contributed by atoms with Crippen molar-refractivity contribution in [2.45, 2.75) is 0 Å². The Morgan fingerprint density at radius 3 is 1.06 bits per heavy atom. The minimum Gasteiger partial charge on any atom is -0.330 e. The van der Waals surface area contributed by atoms with Crippen LogP contribution in [0, 0.1) is 0 Å². The fraction of sp³-hybridized carbons (Fsp3) is 0.750. The van der Waals surface area contributed by atoms with Crippen LogP contribution in [0.15, 0.2) is 12.3 Å². The van der Waals surface area contributed by atoms with Crippen molar-refractivity contribution >= 4 is 17.8 Å². The van der Waals surface area contributed by atoms with Crippen LogP contribution in [0.3, 0.4) is 0 Å². The van der Waals surface area contributed by atoms with E-state index in [1.807, 2.05) is 0 Å². The molecule has 0 saturated carbocycles. The Bertz CT molecular complexity index is 170. The average molecular weight is 265 g/mol. The smallest absolute Gasteiger partial charge is 0.314 e. The summed E-state index contributed by atoms with van der Waals surface area (Å²) in [6.07, 6.45) is 0. The lowest BCUT2D eigenvalue weighted by molar-refractivity contribution is 0.395. The Morgan fingerprint density at radius 1 is 0.875 bits per heavy atom. The standard InChI is InChI=1S/C8H21N3Si.H7N3Si/c1-8-12(9(2)3,10(4)5)11(6)7;1-4(2)3/h8H,1H2,2-7H3;4H,1-3H2. The van der Waals surface area contributed by atoms with E-state index in [1.54, 1.807) is 0 Å². The van der Waals surface area contributed by atoms with Crippen molar-refractivity contribution in [1.82, 2.24) is 13.7 Å². The molecule has 0 aliphatic carbocycles. The van der Waals surface area contributed by atoms with Gasteiger partial charge in [-0.25, -0.2) is 0 Å². The summed E-state index contributed by atoms with van der Waals surface area (Å²) in [6.45, 7) is 3.93. The fourth-order valence-corrected chi connectivity index (χ4v) is 5.24. The molecule has 0 aromatic rings. The van der Waals surface area contributed by atoms with Gasteiger partial charge in [0.15, 0.2) is 0 Å². The Kier molecular flexibility index (Phi) is 9.25. The zero-order valence-corrected chi connectivity index (χ0v) is 13.6. The molecule has 0 aromatic carbocycles. The number of nitrogens with two attached hydrogens (primary N) is 3. The third kappa shape index (κ3) is 5.32. The van der Waals surface area contributed by atoms with Crippen LogP contribution in [-0.4, -0.2) is 73.8 Å². The third-order valence-corrected chi connectivity index (χ3v) is 6.75. The van der Waals surface area contributed by atoms with Crippen molar-refractivity contribution in [2.24, 2.45) is 16.2 Å². The highest BCUT2D eigenvalue weighted by Crippen LogP contribution is 2.12. The molecule has 0 aliphatic rings. The lowest BCUT2D eigenvalue weighted by Gasteiger charge is -2.44. The second-order valence-electron chi connectivity index (χ2n) is 4.15. The summed E-state index contributed by atoms with van der Waals surface area (Å²) in [4.78, 5) is 0.